The number of hydrogen-bond acceptors (Lipinski definition) is 6. The first-order valence-corrected chi connectivity index (χ1v) is 12.7. The minimum Gasteiger partial charge on any atom is -0.487 e. The summed E-state index contributed by atoms with van der Waals surface area (Å²) in [7, 11) is 0. The fourth-order valence-corrected chi connectivity index (χ4v) is 5.87. The molecule has 1 aliphatic heterocycles. The molecule has 8 nitrogen and oxygen atoms in total. The smallest absolute Gasteiger partial charge is 0.329 e. The highest BCUT2D eigenvalue weighted by molar-refractivity contribution is 6.31. The lowest BCUT2D eigenvalue weighted by Crippen LogP contribution is -2.61. The van der Waals surface area contributed by atoms with Crippen molar-refractivity contribution in [2.45, 2.75) is 44.8 Å². The summed E-state index contributed by atoms with van der Waals surface area (Å²) in [4.78, 5) is 36.7. The molecule has 1 N–H and O–H groups in total. The van der Waals surface area contributed by atoms with E-state index in [1.807, 2.05) is 42.5 Å². The van der Waals surface area contributed by atoms with Crippen molar-refractivity contribution in [2.75, 3.05) is 4.90 Å². The predicted molar refractivity (Wildman–Crippen MR) is 139 cm³/mol. The number of anilines is 1. The Morgan fingerprint density at radius 1 is 1.14 bits per heavy atom. The number of halogens is 1. The van der Waals surface area contributed by atoms with Gasteiger partial charge in [0.1, 0.15) is 24.3 Å². The van der Waals surface area contributed by atoms with Crippen molar-refractivity contribution < 1.29 is 18.7 Å². The molecule has 0 radical (unpaired) electrons. The van der Waals surface area contributed by atoms with Crippen LogP contribution in [-0.4, -0.2) is 27.9 Å². The number of carbonyl (C=O) groups excluding carboxylic acids is 2. The van der Waals surface area contributed by atoms with Crippen LogP contribution in [0.5, 0.6) is 5.75 Å². The number of fused-ring (bicyclic) bond motifs is 2. The van der Waals surface area contributed by atoms with Gasteiger partial charge >= 0.3 is 6.03 Å². The molecule has 3 heterocycles. The number of carbonyl (C=O) groups is 2. The molecular formula is C28H25ClN4O4. The van der Waals surface area contributed by atoms with Crippen LogP contribution in [0.15, 0.2) is 65.5 Å². The molecule has 2 aliphatic rings. The maximum Gasteiger partial charge on any atom is 0.329 e. The largest absolute Gasteiger partial charge is 0.487 e. The molecule has 4 aromatic rings. The van der Waals surface area contributed by atoms with Gasteiger partial charge in [-0.1, -0.05) is 41.9 Å². The van der Waals surface area contributed by atoms with Gasteiger partial charge in [0.15, 0.2) is 5.89 Å². The van der Waals surface area contributed by atoms with E-state index >= 15 is 0 Å². The molecule has 0 bridgehead atoms. The number of urea groups is 1. The van der Waals surface area contributed by atoms with Gasteiger partial charge in [-0.3, -0.25) is 9.78 Å². The fraction of sp³-hybridized carbons (Fsp3) is 0.286. The molecule has 9 heteroatoms. The van der Waals surface area contributed by atoms with Gasteiger partial charge in [-0.05, 0) is 37.3 Å². The highest BCUT2D eigenvalue weighted by Gasteiger charge is 2.46. The van der Waals surface area contributed by atoms with Crippen LogP contribution in [0.3, 0.4) is 0 Å². The number of amides is 3. The maximum atomic E-state index is 13.6. The Morgan fingerprint density at radius 3 is 2.84 bits per heavy atom. The first-order valence-electron chi connectivity index (χ1n) is 12.3. The van der Waals surface area contributed by atoms with Crippen LogP contribution >= 0.6 is 11.6 Å². The van der Waals surface area contributed by atoms with Gasteiger partial charge in [-0.2, -0.15) is 0 Å². The number of nitrogens with one attached hydrogen (secondary N) is 1. The summed E-state index contributed by atoms with van der Waals surface area (Å²) in [6.45, 7) is 2.04. The zero-order chi connectivity index (χ0) is 25.5. The third-order valence-corrected chi connectivity index (χ3v) is 7.58. The number of rotatable bonds is 5. The molecule has 3 amide bonds. The average Bonchev–Trinajstić information content (AvgIpc) is 3.32. The third-order valence-electron chi connectivity index (χ3n) is 7.25. The molecule has 1 aliphatic carbocycles. The van der Waals surface area contributed by atoms with Crippen molar-refractivity contribution in [1.82, 2.24) is 15.3 Å². The number of nitrogens with zero attached hydrogens (tertiary/aromatic N) is 3. The number of pyridine rings is 1. The average molecular weight is 517 g/mol. The SMILES string of the molecule is Cc1nc(COc2cccc(Cl)c2C2CCC3C(=O)N(c4cncc5ccccc45)C(=O)NC3C2)co1. The van der Waals surface area contributed by atoms with Crippen molar-refractivity contribution in [3.8, 4) is 5.75 Å². The lowest BCUT2D eigenvalue weighted by atomic mass is 9.74. The van der Waals surface area contributed by atoms with Crippen LogP contribution < -0.4 is 15.0 Å². The minimum atomic E-state index is -0.429. The summed E-state index contributed by atoms with van der Waals surface area (Å²) in [6.07, 6.45) is 6.84. The number of benzene rings is 2. The number of imide groups is 1. The Balaban J connectivity index is 1.23. The van der Waals surface area contributed by atoms with Crippen molar-refractivity contribution in [2.24, 2.45) is 5.92 Å². The normalized spacial score (nSPS) is 21.6. The van der Waals surface area contributed by atoms with Crippen LogP contribution in [0.4, 0.5) is 10.5 Å². The minimum absolute atomic E-state index is 0.0304. The number of ether oxygens (including phenoxy) is 1. The number of aryl methyl sites for hydroxylation is 1. The number of hydrogen-bond donors (Lipinski definition) is 1. The first kappa shape index (κ1) is 23.5. The number of aromatic nitrogens is 2. The van der Waals surface area contributed by atoms with E-state index in [4.69, 9.17) is 20.8 Å². The zero-order valence-electron chi connectivity index (χ0n) is 20.2. The Bertz CT molecular complexity index is 1500. The molecule has 37 heavy (non-hydrogen) atoms. The van der Waals surface area contributed by atoms with Crippen LogP contribution in [-0.2, 0) is 11.4 Å². The lowest BCUT2D eigenvalue weighted by Gasteiger charge is -2.42. The summed E-state index contributed by atoms with van der Waals surface area (Å²) in [5, 5.41) is 5.39. The number of oxazole rings is 1. The first-order chi connectivity index (χ1) is 18.0. The molecule has 6 rings (SSSR count). The van der Waals surface area contributed by atoms with Crippen LogP contribution in [0, 0.1) is 12.8 Å². The van der Waals surface area contributed by atoms with Crippen molar-refractivity contribution >= 4 is 40.0 Å². The summed E-state index contributed by atoms with van der Waals surface area (Å²) in [5.41, 5.74) is 2.09. The second-order valence-corrected chi connectivity index (χ2v) is 9.93. The summed E-state index contributed by atoms with van der Waals surface area (Å²) in [6, 6.07) is 12.5. The predicted octanol–water partition coefficient (Wildman–Crippen LogP) is 5.77. The Hall–Kier alpha value is -3.91. The molecule has 2 fully saturated rings. The summed E-state index contributed by atoms with van der Waals surface area (Å²) < 4.78 is 11.4. The quantitative estimate of drug-likeness (QED) is 0.361. The van der Waals surface area contributed by atoms with Gasteiger partial charge in [0.25, 0.3) is 0 Å². The van der Waals surface area contributed by atoms with Crippen LogP contribution in [0.2, 0.25) is 5.02 Å². The second kappa shape index (κ2) is 9.52. The van der Waals surface area contributed by atoms with Gasteiger partial charge in [-0.25, -0.2) is 14.7 Å². The molecule has 1 saturated carbocycles. The molecule has 1 saturated heterocycles. The van der Waals surface area contributed by atoms with Crippen LogP contribution in [0.1, 0.15) is 42.3 Å². The van der Waals surface area contributed by atoms with Crippen molar-refractivity contribution in [3.63, 3.8) is 0 Å². The molecule has 2 aromatic carbocycles. The van der Waals surface area contributed by atoms with E-state index in [9.17, 15) is 9.59 Å². The Morgan fingerprint density at radius 2 is 2.00 bits per heavy atom. The zero-order valence-corrected chi connectivity index (χ0v) is 20.9. The van der Waals surface area contributed by atoms with E-state index in [0.717, 1.165) is 22.8 Å². The molecule has 0 spiro atoms. The topological polar surface area (TPSA) is 97.6 Å². The molecule has 3 atom stereocenters. The highest BCUT2D eigenvalue weighted by Crippen LogP contribution is 2.45. The van der Waals surface area contributed by atoms with Crippen molar-refractivity contribution in [3.05, 3.63) is 83.3 Å². The Kier molecular flexibility index (Phi) is 6.04. The Labute approximate surface area is 218 Å². The van der Waals surface area contributed by atoms with E-state index in [0.29, 0.717) is 40.9 Å². The van der Waals surface area contributed by atoms with E-state index in [2.05, 4.69) is 15.3 Å². The van der Waals surface area contributed by atoms with Gasteiger partial charge in [0.2, 0.25) is 5.91 Å². The standard InChI is InChI=1S/C28H25ClN4O4/c1-16-31-19(14-36-16)15-37-25-8-4-7-22(29)26(25)17-9-10-21-23(11-17)32-28(35)33(27(21)34)24-13-30-12-18-5-2-3-6-20(18)24/h2-8,12-14,17,21,23H,9-11,15H2,1H3,(H,32,35). The van der Waals surface area contributed by atoms with E-state index in [1.165, 1.54) is 4.90 Å². The van der Waals surface area contributed by atoms with E-state index in [1.54, 1.807) is 25.6 Å². The van der Waals surface area contributed by atoms with Gasteiger partial charge in [-0.15, -0.1) is 0 Å². The monoisotopic (exact) mass is 516 g/mol. The van der Waals surface area contributed by atoms with Gasteiger partial charge in [0.05, 0.1) is 17.8 Å². The van der Waals surface area contributed by atoms with Gasteiger partial charge in [0, 0.05) is 40.5 Å². The summed E-state index contributed by atoms with van der Waals surface area (Å²) in [5.74, 6) is 0.769. The molecule has 2 aromatic heterocycles. The van der Waals surface area contributed by atoms with E-state index < -0.39 is 6.03 Å². The third kappa shape index (κ3) is 4.31. The van der Waals surface area contributed by atoms with Gasteiger partial charge < -0.3 is 14.5 Å². The molecular weight excluding hydrogens is 492 g/mol. The lowest BCUT2D eigenvalue weighted by molar-refractivity contribution is -0.124. The fourth-order valence-electron chi connectivity index (χ4n) is 5.55. The van der Waals surface area contributed by atoms with Crippen molar-refractivity contribution in [1.29, 1.82) is 0 Å². The van der Waals surface area contributed by atoms with Crippen LogP contribution in [0.25, 0.3) is 10.8 Å². The summed E-state index contributed by atoms with van der Waals surface area (Å²) >= 11 is 6.66. The maximum absolute atomic E-state index is 13.6. The molecule has 3 unspecified atom stereocenters. The second-order valence-electron chi connectivity index (χ2n) is 9.52. The highest BCUT2D eigenvalue weighted by atomic mass is 35.5. The van der Waals surface area contributed by atoms with E-state index in [-0.39, 0.29) is 30.4 Å². The molecule has 188 valence electrons.